The molecule has 0 unspecified atom stereocenters. The molecule has 0 bridgehead atoms. The first kappa shape index (κ1) is 10.6. The van der Waals surface area contributed by atoms with Gasteiger partial charge >= 0.3 is 0 Å². The summed E-state index contributed by atoms with van der Waals surface area (Å²) in [4.78, 5) is 10.4. The standard InChI is InChI=1S/C8H9NO4S/c1-13-7-5-6(9(10)11)3-4-8(7)14(2)12/h3-5H,1-2H3/t14-/m1/s1. The zero-order chi connectivity index (χ0) is 10.7. The van der Waals surface area contributed by atoms with Crippen LogP contribution in [0.5, 0.6) is 5.75 Å². The largest absolute Gasteiger partial charge is 0.495 e. The number of nitrogens with zero attached hydrogens (tertiary/aromatic N) is 1. The number of rotatable bonds is 3. The van der Waals surface area contributed by atoms with Crippen molar-refractivity contribution in [3.05, 3.63) is 28.3 Å². The summed E-state index contributed by atoms with van der Waals surface area (Å²) in [5.74, 6) is 0.278. The topological polar surface area (TPSA) is 69.4 Å². The third-order valence-electron chi connectivity index (χ3n) is 1.67. The van der Waals surface area contributed by atoms with Gasteiger partial charge in [0.2, 0.25) is 0 Å². The molecule has 0 heterocycles. The molecule has 1 aromatic rings. The molecular weight excluding hydrogens is 206 g/mol. The number of methoxy groups -OCH3 is 1. The number of ether oxygens (including phenoxy) is 1. The number of benzene rings is 1. The minimum absolute atomic E-state index is 0.0731. The highest BCUT2D eigenvalue weighted by Gasteiger charge is 2.12. The van der Waals surface area contributed by atoms with Crippen LogP contribution in [-0.2, 0) is 10.8 Å². The lowest BCUT2D eigenvalue weighted by Crippen LogP contribution is -1.96. The van der Waals surface area contributed by atoms with Gasteiger partial charge in [0.1, 0.15) is 5.75 Å². The van der Waals surface area contributed by atoms with Crippen LogP contribution in [0.3, 0.4) is 0 Å². The van der Waals surface area contributed by atoms with Crippen LogP contribution in [-0.4, -0.2) is 22.5 Å². The van der Waals surface area contributed by atoms with Crippen LogP contribution in [0.25, 0.3) is 0 Å². The lowest BCUT2D eigenvalue weighted by molar-refractivity contribution is -0.385. The zero-order valence-corrected chi connectivity index (χ0v) is 8.54. The van der Waals surface area contributed by atoms with E-state index in [4.69, 9.17) is 4.74 Å². The number of nitro groups is 1. The summed E-state index contributed by atoms with van der Waals surface area (Å²) in [5, 5.41) is 10.4. The first-order valence-corrected chi connectivity index (χ1v) is 5.28. The average Bonchev–Trinajstić information content (AvgIpc) is 2.16. The highest BCUT2D eigenvalue weighted by molar-refractivity contribution is 7.84. The Morgan fingerprint density at radius 3 is 2.57 bits per heavy atom. The maximum Gasteiger partial charge on any atom is 0.273 e. The molecule has 0 N–H and O–H groups in total. The van der Waals surface area contributed by atoms with Gasteiger partial charge in [-0.05, 0) is 6.07 Å². The normalized spacial score (nSPS) is 12.1. The number of non-ortho nitro benzene ring substituents is 1. The van der Waals surface area contributed by atoms with Crippen LogP contribution in [0, 0.1) is 10.1 Å². The molecule has 1 atom stereocenters. The summed E-state index contributed by atoms with van der Waals surface area (Å²) in [5.41, 5.74) is -0.0731. The minimum Gasteiger partial charge on any atom is -0.495 e. The van der Waals surface area contributed by atoms with E-state index < -0.39 is 15.7 Å². The predicted molar refractivity (Wildman–Crippen MR) is 52.0 cm³/mol. The van der Waals surface area contributed by atoms with Crippen molar-refractivity contribution < 1.29 is 13.9 Å². The van der Waals surface area contributed by atoms with E-state index in [1.165, 1.54) is 31.6 Å². The third kappa shape index (κ3) is 2.08. The molecule has 5 nitrogen and oxygen atoms in total. The predicted octanol–water partition coefficient (Wildman–Crippen LogP) is 1.34. The summed E-state index contributed by atoms with van der Waals surface area (Å²) in [6.07, 6.45) is 1.49. The second kappa shape index (κ2) is 4.19. The van der Waals surface area contributed by atoms with Crippen molar-refractivity contribution in [1.29, 1.82) is 0 Å². The van der Waals surface area contributed by atoms with E-state index in [1.54, 1.807) is 0 Å². The monoisotopic (exact) mass is 215 g/mol. The highest BCUT2D eigenvalue weighted by Crippen LogP contribution is 2.26. The van der Waals surface area contributed by atoms with Crippen LogP contribution in [0.4, 0.5) is 5.69 Å². The molecule has 0 aromatic heterocycles. The molecule has 14 heavy (non-hydrogen) atoms. The minimum atomic E-state index is -1.21. The Labute approximate surface area is 83.3 Å². The Kier molecular flexibility index (Phi) is 3.19. The molecule has 0 saturated carbocycles. The van der Waals surface area contributed by atoms with Crippen molar-refractivity contribution in [2.75, 3.05) is 13.4 Å². The molecule has 76 valence electrons. The van der Waals surface area contributed by atoms with Crippen LogP contribution < -0.4 is 4.74 Å². The van der Waals surface area contributed by atoms with E-state index in [9.17, 15) is 14.3 Å². The van der Waals surface area contributed by atoms with Crippen molar-refractivity contribution >= 4 is 16.5 Å². The maximum atomic E-state index is 11.2. The molecule has 6 heteroatoms. The molecule has 0 aliphatic carbocycles. The quantitative estimate of drug-likeness (QED) is 0.563. The summed E-state index contributed by atoms with van der Waals surface area (Å²) in [6.45, 7) is 0. The molecule has 0 saturated heterocycles. The van der Waals surface area contributed by atoms with Gasteiger partial charge < -0.3 is 4.74 Å². The van der Waals surface area contributed by atoms with Gasteiger partial charge in [0, 0.05) is 12.3 Å². The fourth-order valence-electron chi connectivity index (χ4n) is 1.01. The molecule has 1 rings (SSSR count). The molecule has 0 amide bonds. The van der Waals surface area contributed by atoms with Crippen LogP contribution in [0.15, 0.2) is 23.1 Å². The van der Waals surface area contributed by atoms with Crippen molar-refractivity contribution in [3.63, 3.8) is 0 Å². The Balaban J connectivity index is 3.25. The van der Waals surface area contributed by atoms with Gasteiger partial charge in [-0.25, -0.2) is 0 Å². The van der Waals surface area contributed by atoms with Gasteiger partial charge in [-0.15, -0.1) is 0 Å². The van der Waals surface area contributed by atoms with Crippen molar-refractivity contribution in [2.24, 2.45) is 0 Å². The maximum absolute atomic E-state index is 11.2. The number of hydrogen-bond acceptors (Lipinski definition) is 4. The molecule has 0 spiro atoms. The van der Waals surface area contributed by atoms with Crippen LogP contribution in [0.1, 0.15) is 0 Å². The van der Waals surface area contributed by atoms with Crippen molar-refractivity contribution in [3.8, 4) is 5.75 Å². The van der Waals surface area contributed by atoms with Gasteiger partial charge in [0.15, 0.2) is 0 Å². The number of hydrogen-bond donors (Lipinski definition) is 0. The van der Waals surface area contributed by atoms with E-state index in [-0.39, 0.29) is 11.4 Å². The fraction of sp³-hybridized carbons (Fsp3) is 0.250. The van der Waals surface area contributed by atoms with Crippen LogP contribution in [0.2, 0.25) is 0 Å². The SMILES string of the molecule is COc1cc([N+](=O)[O-])ccc1[S@@](C)=O. The van der Waals surface area contributed by atoms with Crippen molar-refractivity contribution in [2.45, 2.75) is 4.90 Å². The first-order valence-electron chi connectivity index (χ1n) is 3.72. The molecule has 0 aliphatic heterocycles. The first-order chi connectivity index (χ1) is 6.56. The van der Waals surface area contributed by atoms with Gasteiger partial charge in [0.25, 0.3) is 5.69 Å². The lowest BCUT2D eigenvalue weighted by atomic mass is 10.3. The fourth-order valence-corrected chi connectivity index (χ4v) is 1.69. The van der Waals surface area contributed by atoms with Crippen molar-refractivity contribution in [1.82, 2.24) is 0 Å². The van der Waals surface area contributed by atoms with E-state index in [0.717, 1.165) is 0 Å². The Hall–Kier alpha value is -1.43. The number of nitro benzene ring substituents is 1. The zero-order valence-electron chi connectivity index (χ0n) is 7.72. The second-order valence-electron chi connectivity index (χ2n) is 2.55. The Morgan fingerprint density at radius 1 is 1.50 bits per heavy atom. The van der Waals surface area contributed by atoms with E-state index in [0.29, 0.717) is 4.90 Å². The van der Waals surface area contributed by atoms with Gasteiger partial charge in [-0.1, -0.05) is 0 Å². The van der Waals surface area contributed by atoms with Gasteiger partial charge in [-0.3, -0.25) is 14.3 Å². The smallest absolute Gasteiger partial charge is 0.273 e. The molecule has 0 radical (unpaired) electrons. The van der Waals surface area contributed by atoms with Gasteiger partial charge in [0.05, 0.1) is 33.8 Å². The van der Waals surface area contributed by atoms with Crippen LogP contribution >= 0.6 is 0 Å². The second-order valence-corrected chi connectivity index (χ2v) is 3.89. The lowest BCUT2D eigenvalue weighted by Gasteiger charge is -2.04. The summed E-state index contributed by atoms with van der Waals surface area (Å²) < 4.78 is 16.1. The van der Waals surface area contributed by atoms with Gasteiger partial charge in [-0.2, -0.15) is 0 Å². The molecule has 0 fully saturated rings. The van der Waals surface area contributed by atoms with E-state index >= 15 is 0 Å². The molecule has 1 aromatic carbocycles. The summed E-state index contributed by atoms with van der Waals surface area (Å²) in [7, 11) is 0.175. The molecular formula is C8H9NO4S. The summed E-state index contributed by atoms with van der Waals surface area (Å²) >= 11 is 0. The highest BCUT2D eigenvalue weighted by atomic mass is 32.2. The Bertz CT molecular complexity index is 391. The van der Waals surface area contributed by atoms with E-state index in [2.05, 4.69) is 0 Å². The average molecular weight is 215 g/mol. The summed E-state index contributed by atoms with van der Waals surface area (Å²) in [6, 6.07) is 4.00. The molecule has 0 aliphatic rings. The third-order valence-corrected chi connectivity index (χ3v) is 2.62. The Morgan fingerprint density at radius 2 is 2.14 bits per heavy atom. The van der Waals surface area contributed by atoms with E-state index in [1.807, 2.05) is 0 Å².